The number of anilines is 1. The maximum absolute atomic E-state index is 12.1. The molecule has 0 bridgehead atoms. The van der Waals surface area contributed by atoms with Crippen molar-refractivity contribution in [2.75, 3.05) is 5.32 Å². The molecule has 1 aliphatic rings. The number of carbonyl (C=O) groups is 1. The van der Waals surface area contributed by atoms with Gasteiger partial charge in [-0.25, -0.2) is 0 Å². The second kappa shape index (κ2) is 6.80. The molecule has 3 heteroatoms. The summed E-state index contributed by atoms with van der Waals surface area (Å²) in [4.78, 5) is 12.1. The molecule has 22 heavy (non-hydrogen) atoms. The van der Waals surface area contributed by atoms with Crippen molar-refractivity contribution in [2.24, 2.45) is 0 Å². The van der Waals surface area contributed by atoms with Crippen molar-refractivity contribution in [2.45, 2.75) is 25.7 Å². The third kappa shape index (κ3) is 3.58. The Morgan fingerprint density at radius 1 is 1.05 bits per heavy atom. The minimum absolute atomic E-state index is 0.103. The van der Waals surface area contributed by atoms with E-state index in [4.69, 9.17) is 11.6 Å². The van der Waals surface area contributed by atoms with E-state index < -0.39 is 0 Å². The molecule has 0 fully saturated rings. The second-order valence-corrected chi connectivity index (χ2v) is 5.96. The van der Waals surface area contributed by atoms with Gasteiger partial charge in [-0.3, -0.25) is 4.79 Å². The first-order chi connectivity index (χ1) is 10.7. The van der Waals surface area contributed by atoms with E-state index in [1.165, 1.54) is 24.0 Å². The lowest BCUT2D eigenvalue weighted by Gasteiger charge is -2.19. The first-order valence-corrected chi connectivity index (χ1v) is 7.95. The highest BCUT2D eigenvalue weighted by Crippen LogP contribution is 2.27. The molecule has 2 aromatic rings. The first-order valence-electron chi connectivity index (χ1n) is 7.58. The summed E-state index contributed by atoms with van der Waals surface area (Å²) in [6.07, 6.45) is 7.94. The van der Waals surface area contributed by atoms with Crippen molar-refractivity contribution in [3.05, 3.63) is 70.3 Å². The van der Waals surface area contributed by atoms with Crippen LogP contribution in [0.4, 0.5) is 5.69 Å². The van der Waals surface area contributed by atoms with Gasteiger partial charge in [-0.15, -0.1) is 0 Å². The average Bonchev–Trinajstić information content (AvgIpc) is 2.55. The molecule has 2 nitrogen and oxygen atoms in total. The Morgan fingerprint density at radius 2 is 1.82 bits per heavy atom. The SMILES string of the molecule is O=C(/C=C/c1ccc(Cl)cc1)Nc1cccc2c1CCCC2. The predicted molar refractivity (Wildman–Crippen MR) is 92.2 cm³/mol. The number of benzene rings is 2. The molecule has 1 aliphatic carbocycles. The summed E-state index contributed by atoms with van der Waals surface area (Å²) in [6.45, 7) is 0. The molecule has 2 aromatic carbocycles. The van der Waals surface area contributed by atoms with E-state index in [9.17, 15) is 4.79 Å². The number of rotatable bonds is 3. The minimum Gasteiger partial charge on any atom is -0.322 e. The zero-order valence-corrected chi connectivity index (χ0v) is 13.1. The molecule has 0 saturated heterocycles. The molecule has 0 radical (unpaired) electrons. The standard InChI is InChI=1S/C19H18ClNO/c20-16-11-8-14(9-12-16)10-13-19(22)21-18-7-3-5-15-4-1-2-6-17(15)18/h3,5,7-13H,1-2,4,6H2,(H,21,22)/b13-10+. The summed E-state index contributed by atoms with van der Waals surface area (Å²) in [7, 11) is 0. The number of hydrogen-bond donors (Lipinski definition) is 1. The molecule has 112 valence electrons. The van der Waals surface area contributed by atoms with E-state index in [1.54, 1.807) is 12.2 Å². The van der Waals surface area contributed by atoms with E-state index in [-0.39, 0.29) is 5.91 Å². The van der Waals surface area contributed by atoms with Gasteiger partial charge in [0.05, 0.1) is 0 Å². The number of amides is 1. The highest BCUT2D eigenvalue weighted by molar-refractivity contribution is 6.30. The molecule has 0 aromatic heterocycles. The Balaban J connectivity index is 1.71. The second-order valence-electron chi connectivity index (χ2n) is 5.52. The fourth-order valence-corrected chi connectivity index (χ4v) is 2.94. The van der Waals surface area contributed by atoms with Crippen molar-refractivity contribution in [3.63, 3.8) is 0 Å². The van der Waals surface area contributed by atoms with Crippen molar-refractivity contribution >= 4 is 29.3 Å². The third-order valence-corrected chi connectivity index (χ3v) is 4.20. The molecule has 0 saturated carbocycles. The lowest BCUT2D eigenvalue weighted by atomic mass is 9.90. The molecule has 0 spiro atoms. The van der Waals surface area contributed by atoms with Crippen LogP contribution in [0.1, 0.15) is 29.5 Å². The van der Waals surface area contributed by atoms with Gasteiger partial charge in [-0.05, 0) is 66.6 Å². The average molecular weight is 312 g/mol. The number of aryl methyl sites for hydroxylation is 1. The smallest absolute Gasteiger partial charge is 0.248 e. The first kappa shape index (κ1) is 14.9. The lowest BCUT2D eigenvalue weighted by Crippen LogP contribution is -2.12. The number of carbonyl (C=O) groups excluding carboxylic acids is 1. The van der Waals surface area contributed by atoms with Crippen LogP contribution in [0, 0.1) is 0 Å². The van der Waals surface area contributed by atoms with Crippen LogP contribution in [-0.2, 0) is 17.6 Å². The van der Waals surface area contributed by atoms with Crippen LogP contribution in [-0.4, -0.2) is 5.91 Å². The molecule has 1 amide bonds. The van der Waals surface area contributed by atoms with Crippen LogP contribution >= 0.6 is 11.6 Å². The molecule has 3 rings (SSSR count). The molecule has 0 unspecified atom stereocenters. The van der Waals surface area contributed by atoms with Gasteiger partial charge in [0.25, 0.3) is 0 Å². The highest BCUT2D eigenvalue weighted by Gasteiger charge is 2.13. The lowest BCUT2D eigenvalue weighted by molar-refractivity contribution is -0.111. The normalized spacial score (nSPS) is 13.9. The summed E-state index contributed by atoms with van der Waals surface area (Å²) >= 11 is 5.85. The quantitative estimate of drug-likeness (QED) is 0.805. The third-order valence-electron chi connectivity index (χ3n) is 3.95. The van der Waals surface area contributed by atoms with Gasteiger partial charge in [0.2, 0.25) is 5.91 Å². The van der Waals surface area contributed by atoms with E-state index in [1.807, 2.05) is 36.4 Å². The van der Waals surface area contributed by atoms with Crippen molar-refractivity contribution in [3.8, 4) is 0 Å². The van der Waals surface area contributed by atoms with Crippen LogP contribution in [0.15, 0.2) is 48.5 Å². The van der Waals surface area contributed by atoms with Crippen LogP contribution < -0.4 is 5.32 Å². The Labute approximate surface area is 135 Å². The summed E-state index contributed by atoms with van der Waals surface area (Å²) in [5.74, 6) is -0.103. The van der Waals surface area contributed by atoms with E-state index in [2.05, 4.69) is 11.4 Å². The highest BCUT2D eigenvalue weighted by atomic mass is 35.5. The number of hydrogen-bond acceptors (Lipinski definition) is 1. The van der Waals surface area contributed by atoms with Crippen molar-refractivity contribution in [1.82, 2.24) is 0 Å². The summed E-state index contributed by atoms with van der Waals surface area (Å²) in [5, 5.41) is 3.69. The monoisotopic (exact) mass is 311 g/mol. The van der Waals surface area contributed by atoms with Gasteiger partial charge < -0.3 is 5.32 Å². The van der Waals surface area contributed by atoms with Crippen LogP contribution in [0.25, 0.3) is 6.08 Å². The number of halogens is 1. The van der Waals surface area contributed by atoms with Gasteiger partial charge in [-0.2, -0.15) is 0 Å². The zero-order valence-electron chi connectivity index (χ0n) is 12.3. The van der Waals surface area contributed by atoms with E-state index >= 15 is 0 Å². The Kier molecular flexibility index (Phi) is 4.59. The Hall–Kier alpha value is -2.06. The van der Waals surface area contributed by atoms with Gasteiger partial charge in [-0.1, -0.05) is 35.9 Å². The fourth-order valence-electron chi connectivity index (χ4n) is 2.82. The maximum atomic E-state index is 12.1. The summed E-state index contributed by atoms with van der Waals surface area (Å²) in [6, 6.07) is 13.6. The summed E-state index contributed by atoms with van der Waals surface area (Å²) in [5.41, 5.74) is 4.56. The van der Waals surface area contributed by atoms with Gasteiger partial charge in [0.1, 0.15) is 0 Å². The minimum atomic E-state index is -0.103. The van der Waals surface area contributed by atoms with Crippen LogP contribution in [0.2, 0.25) is 5.02 Å². The van der Waals surface area contributed by atoms with Gasteiger partial charge >= 0.3 is 0 Å². The molecular formula is C19H18ClNO. The molecule has 1 N–H and O–H groups in total. The predicted octanol–water partition coefficient (Wildman–Crippen LogP) is 4.87. The van der Waals surface area contributed by atoms with Gasteiger partial charge in [0.15, 0.2) is 0 Å². The van der Waals surface area contributed by atoms with Crippen LogP contribution in [0.3, 0.4) is 0 Å². The Bertz CT molecular complexity index is 704. The Morgan fingerprint density at radius 3 is 2.64 bits per heavy atom. The molecule has 0 heterocycles. The van der Waals surface area contributed by atoms with Crippen molar-refractivity contribution in [1.29, 1.82) is 0 Å². The van der Waals surface area contributed by atoms with Crippen molar-refractivity contribution < 1.29 is 4.79 Å². The largest absolute Gasteiger partial charge is 0.322 e. The fraction of sp³-hybridized carbons (Fsp3) is 0.211. The molecular weight excluding hydrogens is 294 g/mol. The van der Waals surface area contributed by atoms with E-state index in [0.29, 0.717) is 5.02 Å². The molecule has 0 aliphatic heterocycles. The van der Waals surface area contributed by atoms with Crippen LogP contribution in [0.5, 0.6) is 0 Å². The maximum Gasteiger partial charge on any atom is 0.248 e. The topological polar surface area (TPSA) is 29.1 Å². The zero-order chi connectivity index (χ0) is 15.4. The molecule has 0 atom stereocenters. The van der Waals surface area contributed by atoms with Gasteiger partial charge in [0, 0.05) is 16.8 Å². The van der Waals surface area contributed by atoms with E-state index in [0.717, 1.165) is 24.1 Å². The summed E-state index contributed by atoms with van der Waals surface area (Å²) < 4.78 is 0. The number of fused-ring (bicyclic) bond motifs is 1. The number of nitrogens with one attached hydrogen (secondary N) is 1.